The number of benzene rings is 1. The smallest absolute Gasteiger partial charge is 0.191 e. The number of likely N-dealkylation sites (tertiary alicyclic amines) is 1. The second kappa shape index (κ2) is 10.8. The Morgan fingerprint density at radius 3 is 2.71 bits per heavy atom. The van der Waals surface area contributed by atoms with E-state index in [9.17, 15) is 0 Å². The lowest BCUT2D eigenvalue weighted by Gasteiger charge is -2.30. The third kappa shape index (κ3) is 5.94. The van der Waals surface area contributed by atoms with Crippen LogP contribution in [0.5, 0.6) is 0 Å². The van der Waals surface area contributed by atoms with Crippen molar-refractivity contribution in [1.82, 2.24) is 25.3 Å². The molecule has 6 nitrogen and oxygen atoms in total. The zero-order valence-corrected chi connectivity index (χ0v) is 19.7. The zero-order chi connectivity index (χ0) is 19.2. The average molecular weight is 496 g/mol. The van der Waals surface area contributed by atoms with E-state index in [4.69, 9.17) is 0 Å². The standard InChI is InChI=1S/C21H32N6.HI/c1-16-12-17(2)27(25-16)20-10-6-5-9-19(20)14-24-21(22-3)23-13-18-8-7-11-26(4)15-18;/h5-6,9-10,12,18H,7-8,11,13-15H2,1-4H3,(H2,22,23,24);1H. The highest BCUT2D eigenvalue weighted by Gasteiger charge is 2.17. The molecule has 0 spiro atoms. The van der Waals surface area contributed by atoms with E-state index in [0.717, 1.165) is 36.1 Å². The van der Waals surface area contributed by atoms with Gasteiger partial charge in [0.25, 0.3) is 0 Å². The number of rotatable bonds is 5. The van der Waals surface area contributed by atoms with E-state index in [1.165, 1.54) is 24.9 Å². The Morgan fingerprint density at radius 2 is 2.04 bits per heavy atom. The van der Waals surface area contributed by atoms with Crippen LogP contribution in [-0.2, 0) is 6.54 Å². The van der Waals surface area contributed by atoms with Gasteiger partial charge in [-0.05, 0) is 63.9 Å². The molecule has 0 amide bonds. The number of hydrogen-bond acceptors (Lipinski definition) is 3. The molecule has 2 aromatic rings. The largest absolute Gasteiger partial charge is 0.356 e. The number of aryl methyl sites for hydroxylation is 2. The van der Waals surface area contributed by atoms with Gasteiger partial charge in [-0.1, -0.05) is 18.2 Å². The Morgan fingerprint density at radius 1 is 1.25 bits per heavy atom. The Bertz CT molecular complexity index is 785. The van der Waals surface area contributed by atoms with Crippen molar-refractivity contribution in [2.24, 2.45) is 10.9 Å². The SMILES string of the molecule is CN=C(NCc1ccccc1-n1nc(C)cc1C)NCC1CCCN(C)C1.I. The van der Waals surface area contributed by atoms with Crippen LogP contribution in [0.3, 0.4) is 0 Å². The van der Waals surface area contributed by atoms with E-state index in [0.29, 0.717) is 12.5 Å². The molecular weight excluding hydrogens is 463 g/mol. The predicted molar refractivity (Wildman–Crippen MR) is 127 cm³/mol. The summed E-state index contributed by atoms with van der Waals surface area (Å²) in [6.07, 6.45) is 2.57. The van der Waals surface area contributed by atoms with Crippen molar-refractivity contribution in [2.75, 3.05) is 33.7 Å². The molecule has 0 radical (unpaired) electrons. The minimum Gasteiger partial charge on any atom is -0.356 e. The van der Waals surface area contributed by atoms with Gasteiger partial charge >= 0.3 is 0 Å². The van der Waals surface area contributed by atoms with Crippen molar-refractivity contribution in [3.05, 3.63) is 47.3 Å². The maximum Gasteiger partial charge on any atom is 0.191 e. The second-order valence-corrected chi connectivity index (χ2v) is 7.54. The lowest BCUT2D eigenvalue weighted by atomic mass is 9.99. The Labute approximate surface area is 185 Å². The average Bonchev–Trinajstić information content (AvgIpc) is 3.00. The highest BCUT2D eigenvalue weighted by Crippen LogP contribution is 2.17. The van der Waals surface area contributed by atoms with E-state index in [2.05, 4.69) is 69.9 Å². The van der Waals surface area contributed by atoms with Crippen LogP contribution in [0.25, 0.3) is 5.69 Å². The summed E-state index contributed by atoms with van der Waals surface area (Å²) in [6, 6.07) is 10.5. The van der Waals surface area contributed by atoms with Gasteiger partial charge in [-0.25, -0.2) is 4.68 Å². The van der Waals surface area contributed by atoms with Crippen LogP contribution in [0, 0.1) is 19.8 Å². The van der Waals surface area contributed by atoms with Gasteiger partial charge in [-0.3, -0.25) is 4.99 Å². The normalized spacial score (nSPS) is 17.9. The first kappa shape index (κ1) is 22.7. The summed E-state index contributed by atoms with van der Waals surface area (Å²) >= 11 is 0. The minimum atomic E-state index is 0. The maximum atomic E-state index is 4.63. The molecule has 1 fully saturated rings. The minimum absolute atomic E-state index is 0. The fourth-order valence-electron chi connectivity index (χ4n) is 3.82. The second-order valence-electron chi connectivity index (χ2n) is 7.54. The fraction of sp³-hybridized carbons (Fsp3) is 0.524. The van der Waals surface area contributed by atoms with Crippen molar-refractivity contribution >= 4 is 29.9 Å². The summed E-state index contributed by atoms with van der Waals surface area (Å²) in [6.45, 7) is 8.16. The Balaban J connectivity index is 0.00000280. The molecule has 154 valence electrons. The number of para-hydroxylation sites is 1. The molecule has 1 aromatic heterocycles. The monoisotopic (exact) mass is 496 g/mol. The Kier molecular flexibility index (Phi) is 8.75. The molecule has 7 heteroatoms. The third-order valence-corrected chi connectivity index (χ3v) is 5.18. The molecule has 1 saturated heterocycles. The van der Waals surface area contributed by atoms with Gasteiger partial charge in [0.1, 0.15) is 0 Å². The Hall–Kier alpha value is -1.61. The van der Waals surface area contributed by atoms with Crippen LogP contribution >= 0.6 is 24.0 Å². The number of piperidine rings is 1. The van der Waals surface area contributed by atoms with Gasteiger partial charge in [-0.2, -0.15) is 5.10 Å². The molecule has 1 aromatic carbocycles. The summed E-state index contributed by atoms with van der Waals surface area (Å²) < 4.78 is 2.01. The lowest BCUT2D eigenvalue weighted by Crippen LogP contribution is -2.43. The molecule has 3 rings (SSSR count). The molecule has 2 N–H and O–H groups in total. The fourth-order valence-corrected chi connectivity index (χ4v) is 3.82. The zero-order valence-electron chi connectivity index (χ0n) is 17.4. The molecule has 1 aliphatic heterocycles. The van der Waals surface area contributed by atoms with Crippen molar-refractivity contribution in [2.45, 2.75) is 33.2 Å². The number of halogens is 1. The van der Waals surface area contributed by atoms with E-state index in [1.807, 2.05) is 18.7 Å². The summed E-state index contributed by atoms with van der Waals surface area (Å²) in [5.74, 6) is 1.54. The first-order valence-corrected chi connectivity index (χ1v) is 9.81. The lowest BCUT2D eigenvalue weighted by molar-refractivity contribution is 0.210. The summed E-state index contributed by atoms with van der Waals surface area (Å²) in [4.78, 5) is 6.80. The van der Waals surface area contributed by atoms with E-state index < -0.39 is 0 Å². The first-order valence-electron chi connectivity index (χ1n) is 9.81. The number of aromatic nitrogens is 2. The van der Waals surface area contributed by atoms with Crippen molar-refractivity contribution in [3.8, 4) is 5.69 Å². The van der Waals surface area contributed by atoms with Crippen LogP contribution in [0.4, 0.5) is 0 Å². The van der Waals surface area contributed by atoms with Crippen LogP contribution in [0.1, 0.15) is 29.8 Å². The van der Waals surface area contributed by atoms with Crippen molar-refractivity contribution in [1.29, 1.82) is 0 Å². The van der Waals surface area contributed by atoms with E-state index in [1.54, 1.807) is 0 Å². The van der Waals surface area contributed by atoms with E-state index in [-0.39, 0.29) is 24.0 Å². The maximum absolute atomic E-state index is 4.63. The van der Waals surface area contributed by atoms with Gasteiger partial charge in [0.05, 0.1) is 11.4 Å². The number of nitrogens with zero attached hydrogens (tertiary/aromatic N) is 4. The molecule has 0 bridgehead atoms. The van der Waals surface area contributed by atoms with Crippen molar-refractivity contribution < 1.29 is 0 Å². The number of nitrogens with one attached hydrogen (secondary N) is 2. The van der Waals surface area contributed by atoms with Crippen LogP contribution in [0.15, 0.2) is 35.3 Å². The van der Waals surface area contributed by atoms with E-state index >= 15 is 0 Å². The molecule has 28 heavy (non-hydrogen) atoms. The third-order valence-electron chi connectivity index (χ3n) is 5.18. The van der Waals surface area contributed by atoms with Crippen LogP contribution in [0.2, 0.25) is 0 Å². The number of aliphatic imine (C=N–C) groups is 1. The van der Waals surface area contributed by atoms with Crippen LogP contribution in [-0.4, -0.2) is 54.4 Å². The van der Waals surface area contributed by atoms with Gasteiger partial charge in [0.2, 0.25) is 0 Å². The predicted octanol–water partition coefficient (Wildman–Crippen LogP) is 3.11. The molecular formula is C21H33IN6. The van der Waals surface area contributed by atoms with Gasteiger partial charge in [-0.15, -0.1) is 24.0 Å². The van der Waals surface area contributed by atoms with Crippen LogP contribution < -0.4 is 10.6 Å². The topological polar surface area (TPSA) is 57.5 Å². The van der Waals surface area contributed by atoms with Gasteiger partial charge in [0.15, 0.2) is 5.96 Å². The number of hydrogen-bond donors (Lipinski definition) is 2. The quantitative estimate of drug-likeness (QED) is 0.380. The molecule has 0 saturated carbocycles. The number of guanidine groups is 1. The van der Waals surface area contributed by atoms with Crippen molar-refractivity contribution in [3.63, 3.8) is 0 Å². The highest BCUT2D eigenvalue weighted by atomic mass is 127. The van der Waals surface area contributed by atoms with Gasteiger partial charge < -0.3 is 15.5 Å². The molecule has 1 aliphatic rings. The molecule has 1 atom stereocenters. The molecule has 1 unspecified atom stereocenters. The summed E-state index contributed by atoms with van der Waals surface area (Å²) in [7, 11) is 4.03. The highest BCUT2D eigenvalue weighted by molar-refractivity contribution is 14.0. The van der Waals surface area contributed by atoms with Gasteiger partial charge in [0, 0.05) is 32.4 Å². The summed E-state index contributed by atoms with van der Waals surface area (Å²) in [5.41, 5.74) is 4.48. The summed E-state index contributed by atoms with van der Waals surface area (Å²) in [5, 5.41) is 11.6. The first-order chi connectivity index (χ1) is 13.1. The molecule has 0 aliphatic carbocycles. The molecule has 2 heterocycles.